The Labute approximate surface area is 105 Å². The van der Waals surface area contributed by atoms with Gasteiger partial charge in [0.1, 0.15) is 0 Å². The van der Waals surface area contributed by atoms with Gasteiger partial charge in [-0.3, -0.25) is 9.59 Å². The fourth-order valence-corrected chi connectivity index (χ4v) is 1.76. The second-order valence-corrected chi connectivity index (χ2v) is 4.05. The molecule has 2 rings (SSSR count). The van der Waals surface area contributed by atoms with Crippen molar-refractivity contribution in [3.63, 3.8) is 0 Å². The molecule has 90 valence electrons. The van der Waals surface area contributed by atoms with Crippen LogP contribution in [0.5, 0.6) is 0 Å². The molecule has 0 heterocycles. The monoisotopic (exact) mass is 239 g/mol. The highest BCUT2D eigenvalue weighted by Crippen LogP contribution is 2.17. The molecule has 0 amide bonds. The molecular formula is C15H13NO2. The van der Waals surface area contributed by atoms with E-state index in [-0.39, 0.29) is 11.6 Å². The predicted octanol–water partition coefficient (Wildman–Crippen LogP) is 2.70. The minimum Gasteiger partial charge on any atom is -0.398 e. The number of hydrogen-bond donors (Lipinski definition) is 1. The number of nitrogen functional groups attached to an aromatic ring is 1. The molecule has 0 saturated heterocycles. The summed E-state index contributed by atoms with van der Waals surface area (Å²) in [6, 6.07) is 13.7. The van der Waals surface area contributed by atoms with Crippen LogP contribution in [0.2, 0.25) is 0 Å². The highest BCUT2D eigenvalue weighted by molar-refractivity contribution is 6.11. The van der Waals surface area contributed by atoms with Gasteiger partial charge in [-0.2, -0.15) is 0 Å². The van der Waals surface area contributed by atoms with Crippen LogP contribution in [0.3, 0.4) is 0 Å². The molecule has 0 fully saturated rings. The van der Waals surface area contributed by atoms with Gasteiger partial charge in [0.05, 0.1) is 0 Å². The van der Waals surface area contributed by atoms with Crippen molar-refractivity contribution >= 4 is 17.3 Å². The van der Waals surface area contributed by atoms with Crippen molar-refractivity contribution in [2.45, 2.75) is 6.92 Å². The summed E-state index contributed by atoms with van der Waals surface area (Å²) in [6.07, 6.45) is 0. The van der Waals surface area contributed by atoms with Crippen LogP contribution in [0, 0.1) is 0 Å². The highest BCUT2D eigenvalue weighted by Gasteiger charge is 2.12. The number of benzene rings is 2. The second-order valence-electron chi connectivity index (χ2n) is 4.05. The third-order valence-electron chi connectivity index (χ3n) is 2.73. The summed E-state index contributed by atoms with van der Waals surface area (Å²) in [5.41, 5.74) is 7.55. The van der Waals surface area contributed by atoms with Gasteiger partial charge in [-0.15, -0.1) is 0 Å². The first-order chi connectivity index (χ1) is 8.59. The highest BCUT2D eigenvalue weighted by atomic mass is 16.1. The maximum Gasteiger partial charge on any atom is 0.193 e. The van der Waals surface area contributed by atoms with Gasteiger partial charge < -0.3 is 5.73 Å². The number of anilines is 1. The van der Waals surface area contributed by atoms with Gasteiger partial charge in [0.2, 0.25) is 0 Å². The van der Waals surface area contributed by atoms with Crippen molar-refractivity contribution in [3.8, 4) is 0 Å². The van der Waals surface area contributed by atoms with E-state index in [4.69, 9.17) is 5.73 Å². The number of Topliss-reactive ketones (excluding diaryl/α,β-unsaturated/α-hetero) is 1. The molecule has 18 heavy (non-hydrogen) atoms. The second kappa shape index (κ2) is 4.84. The Morgan fingerprint density at radius 1 is 0.944 bits per heavy atom. The number of hydrogen-bond acceptors (Lipinski definition) is 3. The molecule has 2 N–H and O–H groups in total. The van der Waals surface area contributed by atoms with E-state index in [9.17, 15) is 9.59 Å². The van der Waals surface area contributed by atoms with E-state index < -0.39 is 0 Å². The van der Waals surface area contributed by atoms with E-state index in [2.05, 4.69) is 0 Å². The summed E-state index contributed by atoms with van der Waals surface area (Å²) in [5.74, 6) is -0.256. The summed E-state index contributed by atoms with van der Waals surface area (Å²) < 4.78 is 0. The molecule has 0 aliphatic carbocycles. The Morgan fingerprint density at radius 2 is 1.61 bits per heavy atom. The number of carbonyl (C=O) groups is 2. The third kappa shape index (κ3) is 2.30. The summed E-state index contributed by atoms with van der Waals surface area (Å²) in [5, 5.41) is 0. The van der Waals surface area contributed by atoms with Gasteiger partial charge in [0, 0.05) is 22.4 Å². The zero-order chi connectivity index (χ0) is 13.1. The Morgan fingerprint density at radius 3 is 2.22 bits per heavy atom. The van der Waals surface area contributed by atoms with Gasteiger partial charge in [-0.25, -0.2) is 0 Å². The lowest BCUT2D eigenvalue weighted by Crippen LogP contribution is -2.05. The first-order valence-electron chi connectivity index (χ1n) is 5.60. The molecule has 2 aromatic rings. The van der Waals surface area contributed by atoms with Crippen LogP contribution in [0.4, 0.5) is 5.69 Å². The van der Waals surface area contributed by atoms with Gasteiger partial charge in [0.25, 0.3) is 0 Å². The van der Waals surface area contributed by atoms with Crippen LogP contribution < -0.4 is 5.73 Å². The molecule has 0 atom stereocenters. The minimum absolute atomic E-state index is 0.113. The zero-order valence-corrected chi connectivity index (χ0v) is 10.0. The van der Waals surface area contributed by atoms with E-state index in [1.807, 2.05) is 6.07 Å². The fourth-order valence-electron chi connectivity index (χ4n) is 1.76. The van der Waals surface area contributed by atoms with Crippen molar-refractivity contribution in [1.29, 1.82) is 0 Å². The average molecular weight is 239 g/mol. The van der Waals surface area contributed by atoms with E-state index in [1.165, 1.54) is 6.92 Å². The molecule has 0 saturated carbocycles. The van der Waals surface area contributed by atoms with Gasteiger partial charge >= 0.3 is 0 Å². The van der Waals surface area contributed by atoms with E-state index >= 15 is 0 Å². The molecule has 0 bridgehead atoms. The van der Waals surface area contributed by atoms with Crippen molar-refractivity contribution in [1.82, 2.24) is 0 Å². The molecule has 3 heteroatoms. The number of nitrogens with two attached hydrogens (primary N) is 1. The summed E-state index contributed by atoms with van der Waals surface area (Å²) in [7, 11) is 0. The van der Waals surface area contributed by atoms with Crippen LogP contribution in [0.15, 0.2) is 48.5 Å². The molecule has 0 spiro atoms. The van der Waals surface area contributed by atoms with E-state index in [1.54, 1.807) is 42.5 Å². The first kappa shape index (κ1) is 12.0. The Kier molecular flexibility index (Phi) is 3.24. The first-order valence-corrected chi connectivity index (χ1v) is 5.60. The Bertz CT molecular complexity index is 603. The smallest absolute Gasteiger partial charge is 0.193 e. The lowest BCUT2D eigenvalue weighted by Gasteiger charge is -2.05. The largest absolute Gasteiger partial charge is 0.398 e. The van der Waals surface area contributed by atoms with Gasteiger partial charge in [0.15, 0.2) is 11.6 Å². The van der Waals surface area contributed by atoms with Crippen LogP contribution in [-0.4, -0.2) is 11.6 Å². The standard InChI is InChI=1S/C15H13NO2/c1-10(17)13-9-12(7-8-14(13)16)15(18)11-5-3-2-4-6-11/h2-9H,16H2,1H3. The van der Waals surface area contributed by atoms with Gasteiger partial charge in [-0.1, -0.05) is 30.3 Å². The predicted molar refractivity (Wildman–Crippen MR) is 70.7 cm³/mol. The zero-order valence-electron chi connectivity index (χ0n) is 10.0. The molecule has 0 unspecified atom stereocenters. The van der Waals surface area contributed by atoms with Crippen LogP contribution in [0.1, 0.15) is 33.2 Å². The Hall–Kier alpha value is -2.42. The molecule has 2 aromatic carbocycles. The molecule has 0 radical (unpaired) electrons. The molecule has 0 aliphatic rings. The quantitative estimate of drug-likeness (QED) is 0.661. The SMILES string of the molecule is CC(=O)c1cc(C(=O)c2ccccc2)ccc1N. The third-order valence-corrected chi connectivity index (χ3v) is 2.73. The molecule has 0 aliphatic heterocycles. The van der Waals surface area contributed by atoms with Crippen molar-refractivity contribution < 1.29 is 9.59 Å². The number of ketones is 2. The fraction of sp³-hybridized carbons (Fsp3) is 0.0667. The van der Waals surface area contributed by atoms with E-state index in [0.29, 0.717) is 22.4 Å². The van der Waals surface area contributed by atoms with Crippen LogP contribution >= 0.6 is 0 Å². The maximum atomic E-state index is 12.2. The molecule has 3 nitrogen and oxygen atoms in total. The summed E-state index contributed by atoms with van der Waals surface area (Å²) >= 11 is 0. The topological polar surface area (TPSA) is 60.2 Å². The maximum absolute atomic E-state index is 12.2. The van der Waals surface area contributed by atoms with Crippen molar-refractivity contribution in [2.24, 2.45) is 0 Å². The lowest BCUT2D eigenvalue weighted by molar-refractivity contribution is 0.101. The van der Waals surface area contributed by atoms with Crippen molar-refractivity contribution in [3.05, 3.63) is 65.2 Å². The normalized spacial score (nSPS) is 10.1. The average Bonchev–Trinajstić information content (AvgIpc) is 2.39. The van der Waals surface area contributed by atoms with Crippen LogP contribution in [-0.2, 0) is 0 Å². The Balaban J connectivity index is 2.44. The summed E-state index contributed by atoms with van der Waals surface area (Å²) in [6.45, 7) is 1.43. The summed E-state index contributed by atoms with van der Waals surface area (Å²) in [4.78, 5) is 23.6. The molecular weight excluding hydrogens is 226 g/mol. The number of carbonyl (C=O) groups excluding carboxylic acids is 2. The van der Waals surface area contributed by atoms with E-state index in [0.717, 1.165) is 0 Å². The lowest BCUT2D eigenvalue weighted by atomic mass is 9.99. The van der Waals surface area contributed by atoms with Crippen LogP contribution in [0.25, 0.3) is 0 Å². The number of rotatable bonds is 3. The molecule has 0 aromatic heterocycles. The minimum atomic E-state index is -0.143. The van der Waals surface area contributed by atoms with Gasteiger partial charge in [-0.05, 0) is 25.1 Å². The van der Waals surface area contributed by atoms with Crippen molar-refractivity contribution in [2.75, 3.05) is 5.73 Å².